The Labute approximate surface area is 337 Å². The van der Waals surface area contributed by atoms with Crippen LogP contribution in [0.15, 0.2) is 57.4 Å². The SMILES string of the molecule is COC(=O)c1ccc(-c2nc(CS(=O)(=O)C3CCCCC3)c(C)o2)cc1.COC(=O)c1ccc(-c2nc(CSC3CCCCC3)c(C)o2)cc1.ClC(Cl)Cl. The molecule has 294 valence electrons. The monoisotopic (exact) mass is 840 g/mol. The van der Waals surface area contributed by atoms with E-state index in [9.17, 15) is 18.0 Å². The molecule has 0 unspecified atom stereocenters. The number of rotatable bonds is 10. The van der Waals surface area contributed by atoms with Gasteiger partial charge in [0, 0.05) is 22.1 Å². The molecule has 2 aromatic carbocycles. The van der Waals surface area contributed by atoms with Crippen molar-refractivity contribution in [3.05, 3.63) is 82.6 Å². The second kappa shape index (κ2) is 21.3. The van der Waals surface area contributed by atoms with E-state index >= 15 is 0 Å². The van der Waals surface area contributed by atoms with Crippen molar-refractivity contribution in [2.75, 3.05) is 14.2 Å². The molecule has 0 radical (unpaired) electrons. The average Bonchev–Trinajstić information content (AvgIpc) is 3.74. The van der Waals surface area contributed by atoms with Crippen molar-refractivity contribution in [3.63, 3.8) is 0 Å². The van der Waals surface area contributed by atoms with Crippen LogP contribution in [0.2, 0.25) is 0 Å². The minimum atomic E-state index is -3.23. The maximum atomic E-state index is 12.7. The van der Waals surface area contributed by atoms with Crippen molar-refractivity contribution >= 4 is 68.3 Å². The molecule has 2 aliphatic carbocycles. The lowest BCUT2D eigenvalue weighted by molar-refractivity contribution is 0.0592. The van der Waals surface area contributed by atoms with Crippen LogP contribution in [0.25, 0.3) is 22.9 Å². The summed E-state index contributed by atoms with van der Waals surface area (Å²) in [6.07, 6.45) is 11.3. The van der Waals surface area contributed by atoms with Crippen LogP contribution in [0.1, 0.15) is 108 Å². The fourth-order valence-corrected chi connectivity index (χ4v) is 9.53. The number of oxazole rings is 2. The fraction of sp³-hybridized carbons (Fsp3) is 0.487. The number of alkyl halides is 3. The number of aryl methyl sites for hydroxylation is 2. The fourth-order valence-electron chi connectivity index (χ4n) is 6.27. The number of carbonyl (C=O) groups is 2. The highest BCUT2D eigenvalue weighted by molar-refractivity contribution is 7.99. The van der Waals surface area contributed by atoms with Crippen molar-refractivity contribution in [1.82, 2.24) is 9.97 Å². The number of hydrogen-bond acceptors (Lipinski definition) is 11. The van der Waals surface area contributed by atoms with Crippen molar-refractivity contribution in [3.8, 4) is 22.9 Å². The number of thioether (sulfide) groups is 1. The first-order valence-electron chi connectivity index (χ1n) is 17.9. The largest absolute Gasteiger partial charge is 0.465 e. The number of halogens is 3. The lowest BCUT2D eigenvalue weighted by Crippen LogP contribution is -2.25. The Balaban J connectivity index is 0.000000220. The average molecular weight is 842 g/mol. The Morgan fingerprint density at radius 2 is 1.13 bits per heavy atom. The van der Waals surface area contributed by atoms with Gasteiger partial charge < -0.3 is 18.3 Å². The van der Waals surface area contributed by atoms with Crippen LogP contribution in [0, 0.1) is 13.8 Å². The van der Waals surface area contributed by atoms with Crippen LogP contribution in [0.4, 0.5) is 0 Å². The summed E-state index contributed by atoms with van der Waals surface area (Å²) in [5.74, 6) is 2.42. The standard InChI is InChI=1S/C19H23NO5S.C19H23NO3S.CHCl3/c1-13-17(12-26(22,23)16-6-4-3-5-7-16)20-18(25-13)14-8-10-15(11-9-14)19(21)24-2;1-13-17(12-24-16-6-4-3-5-7-16)20-18(23-13)14-8-10-15(11-9-14)19(21)22-2;2-1(3)4/h8-11,16H,3-7,12H2,1-2H3;8-11,16H,3-7,12H2,1-2H3;1H. The zero-order valence-corrected chi connectivity index (χ0v) is 34.8. The summed E-state index contributed by atoms with van der Waals surface area (Å²) in [7, 11) is -0.528. The van der Waals surface area contributed by atoms with E-state index in [4.69, 9.17) is 48.4 Å². The van der Waals surface area contributed by atoms with E-state index < -0.39 is 20.1 Å². The molecular formula is C39H47Cl3N2O8S2. The van der Waals surface area contributed by atoms with Gasteiger partial charge in [0.25, 0.3) is 0 Å². The number of methoxy groups -OCH3 is 2. The second-order valence-electron chi connectivity index (χ2n) is 13.1. The first-order valence-corrected chi connectivity index (χ1v) is 21.9. The molecule has 0 amide bonds. The number of benzene rings is 2. The van der Waals surface area contributed by atoms with E-state index in [2.05, 4.69) is 14.7 Å². The predicted octanol–water partition coefficient (Wildman–Crippen LogP) is 10.7. The molecule has 2 fully saturated rings. The zero-order valence-electron chi connectivity index (χ0n) is 30.9. The molecule has 0 aliphatic heterocycles. The molecule has 2 aliphatic rings. The van der Waals surface area contributed by atoms with Gasteiger partial charge in [-0.15, -0.1) is 0 Å². The van der Waals surface area contributed by atoms with E-state index in [0.717, 1.165) is 60.1 Å². The van der Waals surface area contributed by atoms with Crippen molar-refractivity contribution < 1.29 is 36.3 Å². The Kier molecular flexibility index (Phi) is 17.3. The number of ether oxygens (including phenoxy) is 2. The normalized spacial score (nSPS) is 15.1. The van der Waals surface area contributed by atoms with Crippen LogP contribution in [-0.2, 0) is 30.8 Å². The molecule has 0 spiro atoms. The van der Waals surface area contributed by atoms with Crippen molar-refractivity contribution in [1.29, 1.82) is 0 Å². The summed E-state index contributed by atoms with van der Waals surface area (Å²) in [5, 5.41) is 0.493. The molecule has 0 bridgehead atoms. The first-order chi connectivity index (χ1) is 25.8. The summed E-state index contributed by atoms with van der Waals surface area (Å²) in [6.45, 7) is 3.70. The van der Waals surface area contributed by atoms with E-state index in [1.165, 1.54) is 46.3 Å². The molecule has 0 saturated heterocycles. The molecule has 4 aromatic rings. The van der Waals surface area contributed by atoms with Gasteiger partial charge in [-0.2, -0.15) is 11.8 Å². The maximum Gasteiger partial charge on any atom is 0.337 e. The van der Waals surface area contributed by atoms with Gasteiger partial charge in [0.15, 0.2) is 14.1 Å². The van der Waals surface area contributed by atoms with Gasteiger partial charge in [0.2, 0.25) is 11.8 Å². The molecule has 6 rings (SSSR count). The minimum Gasteiger partial charge on any atom is -0.465 e. The quantitative estimate of drug-likeness (QED) is 0.111. The van der Waals surface area contributed by atoms with Gasteiger partial charge in [-0.05, 0) is 88.1 Å². The van der Waals surface area contributed by atoms with Crippen LogP contribution in [0.5, 0.6) is 0 Å². The summed E-state index contributed by atoms with van der Waals surface area (Å²) >= 11 is 16.4. The Morgan fingerprint density at radius 3 is 1.57 bits per heavy atom. The molecule has 2 heterocycles. The van der Waals surface area contributed by atoms with E-state index in [1.807, 2.05) is 30.8 Å². The smallest absolute Gasteiger partial charge is 0.337 e. The van der Waals surface area contributed by atoms with Gasteiger partial charge in [-0.1, -0.05) is 73.3 Å². The Hall–Kier alpha value is -3.03. The molecule has 10 nitrogen and oxygen atoms in total. The van der Waals surface area contributed by atoms with Crippen molar-refractivity contribution in [2.24, 2.45) is 0 Å². The number of sulfone groups is 1. The zero-order chi connectivity index (χ0) is 39.3. The Bertz CT molecular complexity index is 1900. The molecular weight excluding hydrogens is 795 g/mol. The highest BCUT2D eigenvalue weighted by atomic mass is 35.6. The number of carbonyl (C=O) groups excluding carboxylic acids is 2. The lowest BCUT2D eigenvalue weighted by Gasteiger charge is -2.21. The van der Waals surface area contributed by atoms with Gasteiger partial charge in [-0.25, -0.2) is 28.0 Å². The van der Waals surface area contributed by atoms with Gasteiger partial charge in [-0.3, -0.25) is 0 Å². The molecule has 0 atom stereocenters. The minimum absolute atomic E-state index is 0.0900. The molecule has 0 N–H and O–H groups in total. The summed E-state index contributed by atoms with van der Waals surface area (Å²) in [6, 6.07) is 13.8. The first kappa shape index (κ1) is 43.7. The van der Waals surface area contributed by atoms with Gasteiger partial charge in [0.1, 0.15) is 11.5 Å². The van der Waals surface area contributed by atoms with E-state index in [0.29, 0.717) is 39.9 Å². The van der Waals surface area contributed by atoms with Crippen LogP contribution in [0.3, 0.4) is 0 Å². The van der Waals surface area contributed by atoms with Gasteiger partial charge >= 0.3 is 11.9 Å². The molecule has 2 aromatic heterocycles. The summed E-state index contributed by atoms with van der Waals surface area (Å²) < 4.78 is 45.5. The highest BCUT2D eigenvalue weighted by Crippen LogP contribution is 2.33. The lowest BCUT2D eigenvalue weighted by atomic mass is 10.0. The molecule has 2 saturated carbocycles. The van der Waals surface area contributed by atoms with E-state index in [-0.39, 0.29) is 17.0 Å². The Morgan fingerprint density at radius 1 is 0.722 bits per heavy atom. The van der Waals surface area contributed by atoms with Gasteiger partial charge in [0.05, 0.1) is 47.7 Å². The third-order valence-corrected chi connectivity index (χ3v) is 12.8. The molecule has 54 heavy (non-hydrogen) atoms. The maximum absolute atomic E-state index is 12.7. The highest BCUT2D eigenvalue weighted by Gasteiger charge is 2.29. The predicted molar refractivity (Wildman–Crippen MR) is 215 cm³/mol. The third kappa shape index (κ3) is 13.0. The van der Waals surface area contributed by atoms with Crippen LogP contribution < -0.4 is 0 Å². The number of nitrogens with zero attached hydrogens (tertiary/aromatic N) is 2. The van der Waals surface area contributed by atoms with Crippen molar-refractivity contribution in [2.45, 2.75) is 104 Å². The second-order valence-corrected chi connectivity index (χ2v) is 18.6. The van der Waals surface area contributed by atoms with E-state index in [1.54, 1.807) is 43.3 Å². The molecule has 15 heteroatoms. The number of aromatic nitrogens is 2. The summed E-state index contributed by atoms with van der Waals surface area (Å²) in [5.41, 5.74) is 4.00. The summed E-state index contributed by atoms with van der Waals surface area (Å²) in [4.78, 5) is 32.0. The topological polar surface area (TPSA) is 139 Å². The van der Waals surface area contributed by atoms with Crippen LogP contribution in [-0.4, -0.2) is 59.3 Å². The number of esters is 2. The number of hydrogen-bond donors (Lipinski definition) is 0. The van der Waals surface area contributed by atoms with Crippen LogP contribution >= 0.6 is 46.6 Å². The third-order valence-electron chi connectivity index (χ3n) is 9.30.